The number of benzene rings is 4. The summed E-state index contributed by atoms with van der Waals surface area (Å²) in [4.78, 5) is 4.80. The van der Waals surface area contributed by atoms with Crippen molar-refractivity contribution in [2.24, 2.45) is 0 Å². The van der Waals surface area contributed by atoms with Gasteiger partial charge in [0, 0.05) is 23.9 Å². The topological polar surface area (TPSA) is 6.48 Å². The van der Waals surface area contributed by atoms with Crippen molar-refractivity contribution >= 4 is 32.9 Å². The van der Waals surface area contributed by atoms with E-state index in [-0.39, 0.29) is 0 Å². The van der Waals surface area contributed by atoms with Gasteiger partial charge in [-0.25, -0.2) is 0 Å². The molecule has 0 bridgehead atoms. The summed E-state index contributed by atoms with van der Waals surface area (Å²) >= 11 is 0. The molecule has 1 saturated heterocycles. The first kappa shape index (κ1) is 25.6. The van der Waals surface area contributed by atoms with Crippen molar-refractivity contribution in [3.8, 4) is 0 Å². The van der Waals surface area contributed by atoms with E-state index in [0.29, 0.717) is 23.7 Å². The number of hydrogen-bond acceptors (Lipinski definition) is 2. The SMILES string of the molecule is CC(C)c1ccc2ccc(C(C)C)c(N3[C]N(c4c(C(C)C)ccc5ccc(C(C)C)cc45)CC3)c2c1. The lowest BCUT2D eigenvalue weighted by Gasteiger charge is -2.27. The van der Waals surface area contributed by atoms with E-state index in [1.54, 1.807) is 0 Å². The Morgan fingerprint density at radius 3 is 1.24 bits per heavy atom. The third-order valence-corrected chi connectivity index (χ3v) is 8.00. The maximum Gasteiger partial charge on any atom is 0.208 e. The van der Waals surface area contributed by atoms with E-state index in [0.717, 1.165) is 13.1 Å². The summed E-state index contributed by atoms with van der Waals surface area (Å²) in [5, 5.41) is 5.30. The van der Waals surface area contributed by atoms with Gasteiger partial charge in [0.2, 0.25) is 6.67 Å². The lowest BCUT2D eigenvalue weighted by molar-refractivity contribution is 0.855. The molecule has 192 valence electrons. The molecule has 4 aromatic rings. The number of fused-ring (bicyclic) bond motifs is 2. The van der Waals surface area contributed by atoms with E-state index in [4.69, 9.17) is 0 Å². The minimum atomic E-state index is 0.440. The summed E-state index contributed by atoms with van der Waals surface area (Å²) in [6.45, 7) is 24.1. The molecule has 0 amide bonds. The fourth-order valence-electron chi connectivity index (χ4n) is 5.70. The molecule has 1 aliphatic rings. The average Bonchev–Trinajstić information content (AvgIpc) is 3.35. The Morgan fingerprint density at radius 2 is 0.892 bits per heavy atom. The predicted molar refractivity (Wildman–Crippen MR) is 162 cm³/mol. The van der Waals surface area contributed by atoms with Crippen molar-refractivity contribution in [2.45, 2.75) is 79.1 Å². The van der Waals surface area contributed by atoms with Gasteiger partial charge in [-0.1, -0.05) is 104 Å². The fourth-order valence-corrected chi connectivity index (χ4v) is 5.70. The summed E-state index contributed by atoms with van der Waals surface area (Å²) in [5.74, 6) is 1.88. The average molecular weight is 491 g/mol. The molecule has 0 N–H and O–H groups in total. The molecule has 2 radical (unpaired) electrons. The van der Waals surface area contributed by atoms with Crippen molar-refractivity contribution < 1.29 is 0 Å². The summed E-state index contributed by atoms with van der Waals surface area (Å²) in [6.07, 6.45) is 0. The van der Waals surface area contributed by atoms with Crippen LogP contribution in [-0.2, 0) is 0 Å². The zero-order valence-electron chi connectivity index (χ0n) is 23.9. The fraction of sp³-hybridized carbons (Fsp3) is 0.400. The smallest absolute Gasteiger partial charge is 0.208 e. The van der Waals surface area contributed by atoms with Crippen LogP contribution in [0.4, 0.5) is 11.4 Å². The highest BCUT2D eigenvalue weighted by molar-refractivity contribution is 6.00. The molecule has 0 unspecified atom stereocenters. The highest BCUT2D eigenvalue weighted by atomic mass is 15.4. The Hall–Kier alpha value is -3.00. The van der Waals surface area contributed by atoms with E-state index in [1.165, 1.54) is 55.2 Å². The second kappa shape index (κ2) is 10.0. The van der Waals surface area contributed by atoms with Gasteiger partial charge in [-0.3, -0.25) is 0 Å². The Morgan fingerprint density at radius 1 is 0.514 bits per heavy atom. The maximum absolute atomic E-state index is 3.86. The third-order valence-electron chi connectivity index (χ3n) is 8.00. The van der Waals surface area contributed by atoms with Crippen LogP contribution in [-0.4, -0.2) is 13.1 Å². The van der Waals surface area contributed by atoms with Gasteiger partial charge >= 0.3 is 0 Å². The van der Waals surface area contributed by atoms with Gasteiger partial charge in [-0.2, -0.15) is 0 Å². The zero-order valence-corrected chi connectivity index (χ0v) is 23.9. The molecule has 2 heteroatoms. The number of rotatable bonds is 6. The molecule has 4 aromatic carbocycles. The molecule has 0 atom stereocenters. The normalized spacial score (nSPS) is 14.5. The standard InChI is InChI=1S/C35H42N2/c1-22(2)28-11-9-26-13-15-30(24(5)6)34(32(26)19-28)36-17-18-37(21-36)35-31(25(7)8)16-14-27-10-12-29(23(3)4)20-33(27)35/h9-16,19-20,22-25H,17-18H2,1-8H3. The Bertz CT molecular complexity index is 1310. The van der Waals surface area contributed by atoms with E-state index in [9.17, 15) is 0 Å². The number of anilines is 2. The molecular formula is C35H42N2. The monoisotopic (exact) mass is 490 g/mol. The molecule has 0 saturated carbocycles. The molecule has 1 fully saturated rings. The van der Waals surface area contributed by atoms with Crippen LogP contribution in [0.15, 0.2) is 60.7 Å². The van der Waals surface area contributed by atoms with Crippen LogP contribution in [0.2, 0.25) is 0 Å². The molecule has 1 aliphatic heterocycles. The molecule has 0 aliphatic carbocycles. The van der Waals surface area contributed by atoms with Crippen molar-refractivity contribution in [3.63, 3.8) is 0 Å². The molecule has 37 heavy (non-hydrogen) atoms. The quantitative estimate of drug-likeness (QED) is 0.265. The van der Waals surface area contributed by atoms with Crippen LogP contribution in [0.3, 0.4) is 0 Å². The second-order valence-electron chi connectivity index (χ2n) is 12.0. The van der Waals surface area contributed by atoms with Crippen LogP contribution < -0.4 is 9.80 Å². The van der Waals surface area contributed by atoms with E-state index in [2.05, 4.69) is 133 Å². The summed E-state index contributed by atoms with van der Waals surface area (Å²) < 4.78 is 0. The summed E-state index contributed by atoms with van der Waals surface area (Å²) in [5.41, 5.74) is 8.23. The zero-order chi connectivity index (χ0) is 26.4. The van der Waals surface area contributed by atoms with Crippen molar-refractivity contribution in [1.29, 1.82) is 0 Å². The highest BCUT2D eigenvalue weighted by Crippen LogP contribution is 2.42. The first-order valence-electron chi connectivity index (χ1n) is 14.1. The molecule has 0 aromatic heterocycles. The van der Waals surface area contributed by atoms with Gasteiger partial charge < -0.3 is 9.80 Å². The lowest BCUT2D eigenvalue weighted by atomic mass is 9.92. The van der Waals surface area contributed by atoms with E-state index < -0.39 is 0 Å². The highest BCUT2D eigenvalue weighted by Gasteiger charge is 2.29. The van der Waals surface area contributed by atoms with Gasteiger partial charge in [0.1, 0.15) is 0 Å². The van der Waals surface area contributed by atoms with Crippen LogP contribution in [0.5, 0.6) is 0 Å². The van der Waals surface area contributed by atoms with E-state index >= 15 is 0 Å². The van der Waals surface area contributed by atoms with E-state index in [1.807, 2.05) is 0 Å². The first-order valence-corrected chi connectivity index (χ1v) is 14.1. The van der Waals surface area contributed by atoms with Crippen molar-refractivity contribution in [3.05, 3.63) is 89.6 Å². The molecule has 5 rings (SSSR count). The lowest BCUT2D eigenvalue weighted by Crippen LogP contribution is -2.21. The van der Waals surface area contributed by atoms with Crippen molar-refractivity contribution in [1.82, 2.24) is 0 Å². The summed E-state index contributed by atoms with van der Waals surface area (Å²) in [7, 11) is 0. The van der Waals surface area contributed by atoms with Gasteiger partial charge in [0.05, 0.1) is 11.4 Å². The largest absolute Gasteiger partial charge is 0.339 e. The first-order chi connectivity index (χ1) is 17.7. The van der Waals surface area contributed by atoms with Gasteiger partial charge in [-0.15, -0.1) is 0 Å². The predicted octanol–water partition coefficient (Wildman–Crippen LogP) is 9.81. The molecule has 1 heterocycles. The second-order valence-corrected chi connectivity index (χ2v) is 12.0. The maximum atomic E-state index is 3.86. The molecule has 0 spiro atoms. The van der Waals surface area contributed by atoms with Crippen LogP contribution >= 0.6 is 0 Å². The molecular weight excluding hydrogens is 448 g/mol. The van der Waals surface area contributed by atoms with Gasteiger partial charge in [0.25, 0.3) is 0 Å². The Kier molecular flexibility index (Phi) is 6.96. The Balaban J connectivity index is 1.64. The number of nitrogens with zero attached hydrogens (tertiary/aromatic N) is 2. The summed E-state index contributed by atoms with van der Waals surface area (Å²) in [6, 6.07) is 23.2. The van der Waals surface area contributed by atoms with Gasteiger partial charge in [0.15, 0.2) is 0 Å². The number of hydrogen-bond donors (Lipinski definition) is 0. The third kappa shape index (κ3) is 4.72. The Labute approximate surface area is 224 Å². The minimum Gasteiger partial charge on any atom is -0.339 e. The van der Waals surface area contributed by atoms with Crippen LogP contribution in [0, 0.1) is 6.67 Å². The molecule has 2 nitrogen and oxygen atoms in total. The van der Waals surface area contributed by atoms with Gasteiger partial charge in [-0.05, 0) is 68.8 Å². The van der Waals surface area contributed by atoms with Crippen LogP contribution in [0.25, 0.3) is 21.5 Å². The minimum absolute atomic E-state index is 0.440. The van der Waals surface area contributed by atoms with Crippen LogP contribution in [0.1, 0.15) is 101 Å². The van der Waals surface area contributed by atoms with Crippen molar-refractivity contribution in [2.75, 3.05) is 22.9 Å².